The van der Waals surface area contributed by atoms with Gasteiger partial charge in [0.1, 0.15) is 0 Å². The minimum atomic E-state index is 1.21. The molecule has 0 spiro atoms. The van der Waals surface area contributed by atoms with Crippen molar-refractivity contribution < 1.29 is 0 Å². The maximum absolute atomic E-state index is 2.46. The average molecular weight is 244 g/mol. The van der Waals surface area contributed by atoms with Crippen LogP contribution in [0.15, 0.2) is 36.4 Å². The Hall–Kier alpha value is -1.04. The van der Waals surface area contributed by atoms with Crippen molar-refractivity contribution in [2.75, 3.05) is 0 Å². The van der Waals surface area contributed by atoms with Crippen molar-refractivity contribution in [3.63, 3.8) is 0 Å². The Labute approximate surface area is 113 Å². The van der Waals surface area contributed by atoms with Gasteiger partial charge in [-0.15, -0.1) is 0 Å². The molecule has 0 radical (unpaired) electrons. The second kappa shape index (κ2) is 9.94. The van der Waals surface area contributed by atoms with Gasteiger partial charge in [0.25, 0.3) is 0 Å². The molecule has 0 saturated carbocycles. The molecule has 0 nitrogen and oxygen atoms in total. The predicted octanol–water partition coefficient (Wildman–Crippen LogP) is 6.23. The van der Waals surface area contributed by atoms with E-state index >= 15 is 0 Å². The van der Waals surface area contributed by atoms with E-state index in [9.17, 15) is 0 Å². The maximum Gasteiger partial charge on any atom is -0.0228 e. The summed E-state index contributed by atoms with van der Waals surface area (Å²) in [6.07, 6.45) is 13.0. The molecule has 0 aromatic heterocycles. The minimum Gasteiger partial charge on any atom is -0.0807 e. The first-order valence-electron chi connectivity index (χ1n) is 7.63. The van der Waals surface area contributed by atoms with Gasteiger partial charge in [0.2, 0.25) is 0 Å². The van der Waals surface area contributed by atoms with E-state index in [-0.39, 0.29) is 0 Å². The quantitative estimate of drug-likeness (QED) is 0.452. The number of unbranched alkanes of at least 4 members (excludes halogenated alkanes) is 5. The molecule has 0 aliphatic carbocycles. The summed E-state index contributed by atoms with van der Waals surface area (Å²) < 4.78 is 0. The first-order chi connectivity index (χ1) is 8.88. The number of rotatable bonds is 9. The molecule has 18 heavy (non-hydrogen) atoms. The second-order valence-electron chi connectivity index (χ2n) is 5.05. The van der Waals surface area contributed by atoms with Crippen LogP contribution in [0.25, 0.3) is 5.57 Å². The first kappa shape index (κ1) is 15.0. The summed E-state index contributed by atoms with van der Waals surface area (Å²) in [6.45, 7) is 4.53. The summed E-state index contributed by atoms with van der Waals surface area (Å²) in [5.74, 6) is 0. The van der Waals surface area contributed by atoms with Crippen molar-refractivity contribution in [1.29, 1.82) is 0 Å². The molecule has 0 heterocycles. The number of allylic oxidation sites excluding steroid dienone is 2. The van der Waals surface area contributed by atoms with Gasteiger partial charge < -0.3 is 0 Å². The molecule has 1 aromatic carbocycles. The highest BCUT2D eigenvalue weighted by atomic mass is 14.0. The summed E-state index contributed by atoms with van der Waals surface area (Å²) in [5.41, 5.74) is 2.95. The Bertz CT molecular complexity index is 321. The number of benzene rings is 1. The predicted molar refractivity (Wildman–Crippen MR) is 82.7 cm³/mol. The van der Waals surface area contributed by atoms with Gasteiger partial charge in [0, 0.05) is 0 Å². The molecule has 0 unspecified atom stereocenters. The molecule has 0 aliphatic rings. The van der Waals surface area contributed by atoms with E-state index in [0.717, 1.165) is 0 Å². The monoisotopic (exact) mass is 244 g/mol. The van der Waals surface area contributed by atoms with Crippen LogP contribution in [-0.4, -0.2) is 0 Å². The highest BCUT2D eigenvalue weighted by Crippen LogP contribution is 2.21. The fourth-order valence-corrected chi connectivity index (χ4v) is 2.31. The molecule has 0 amide bonds. The molecule has 0 atom stereocenters. The van der Waals surface area contributed by atoms with Crippen LogP contribution in [0.4, 0.5) is 0 Å². The summed E-state index contributed by atoms with van der Waals surface area (Å²) in [6, 6.07) is 10.8. The molecule has 0 heteroatoms. The van der Waals surface area contributed by atoms with E-state index in [1.54, 1.807) is 0 Å². The maximum atomic E-state index is 2.46. The van der Waals surface area contributed by atoms with Gasteiger partial charge in [0.05, 0.1) is 0 Å². The van der Waals surface area contributed by atoms with Crippen LogP contribution in [0.3, 0.4) is 0 Å². The minimum absolute atomic E-state index is 1.21. The molecule has 0 N–H and O–H groups in total. The van der Waals surface area contributed by atoms with Gasteiger partial charge in [-0.25, -0.2) is 0 Å². The zero-order valence-electron chi connectivity index (χ0n) is 12.1. The van der Waals surface area contributed by atoms with Crippen molar-refractivity contribution in [2.24, 2.45) is 0 Å². The van der Waals surface area contributed by atoms with Crippen LogP contribution in [-0.2, 0) is 0 Å². The fourth-order valence-electron chi connectivity index (χ4n) is 2.31. The third kappa shape index (κ3) is 6.05. The summed E-state index contributed by atoms with van der Waals surface area (Å²) in [4.78, 5) is 0. The van der Waals surface area contributed by atoms with E-state index in [4.69, 9.17) is 0 Å². The van der Waals surface area contributed by atoms with Crippen LogP contribution in [0.5, 0.6) is 0 Å². The van der Waals surface area contributed by atoms with Crippen LogP contribution < -0.4 is 0 Å². The van der Waals surface area contributed by atoms with Crippen molar-refractivity contribution in [2.45, 2.75) is 65.2 Å². The number of hydrogen-bond acceptors (Lipinski definition) is 0. The third-order valence-electron chi connectivity index (χ3n) is 3.36. The van der Waals surface area contributed by atoms with Crippen molar-refractivity contribution in [1.82, 2.24) is 0 Å². The van der Waals surface area contributed by atoms with Crippen LogP contribution >= 0.6 is 0 Å². The lowest BCUT2D eigenvalue weighted by atomic mass is 9.99. The highest BCUT2D eigenvalue weighted by molar-refractivity contribution is 5.65. The van der Waals surface area contributed by atoms with Gasteiger partial charge in [0.15, 0.2) is 0 Å². The molecule has 1 rings (SSSR count). The molecule has 100 valence electrons. The molecule has 0 saturated heterocycles. The third-order valence-corrected chi connectivity index (χ3v) is 3.36. The van der Waals surface area contributed by atoms with E-state index in [2.05, 4.69) is 50.3 Å². The average Bonchev–Trinajstić information content (AvgIpc) is 2.42. The fraction of sp³-hybridized carbons (Fsp3) is 0.556. The van der Waals surface area contributed by atoms with Gasteiger partial charge in [-0.3, -0.25) is 0 Å². The van der Waals surface area contributed by atoms with E-state index in [1.807, 2.05) is 0 Å². The van der Waals surface area contributed by atoms with Crippen LogP contribution in [0.2, 0.25) is 0 Å². The zero-order chi connectivity index (χ0) is 13.1. The molecular formula is C18H28. The van der Waals surface area contributed by atoms with Crippen molar-refractivity contribution in [3.05, 3.63) is 42.0 Å². The lowest BCUT2D eigenvalue weighted by molar-refractivity contribution is 0.637. The molecule has 0 aliphatic heterocycles. The van der Waals surface area contributed by atoms with Crippen molar-refractivity contribution in [3.8, 4) is 0 Å². The summed E-state index contributed by atoms with van der Waals surface area (Å²) in [5, 5.41) is 0. The van der Waals surface area contributed by atoms with E-state index < -0.39 is 0 Å². The Kier molecular flexibility index (Phi) is 8.29. The summed E-state index contributed by atoms with van der Waals surface area (Å²) in [7, 11) is 0. The highest BCUT2D eigenvalue weighted by Gasteiger charge is 1.99. The lowest BCUT2D eigenvalue weighted by Gasteiger charge is -2.06. The molecule has 0 bridgehead atoms. The molecular weight excluding hydrogens is 216 g/mol. The van der Waals surface area contributed by atoms with Gasteiger partial charge in [-0.05, 0) is 30.4 Å². The van der Waals surface area contributed by atoms with E-state index in [1.165, 1.54) is 62.5 Å². The molecule has 1 aromatic rings. The normalized spacial score (nSPS) is 11.8. The van der Waals surface area contributed by atoms with Gasteiger partial charge >= 0.3 is 0 Å². The largest absolute Gasteiger partial charge is 0.0807 e. The molecule has 0 fully saturated rings. The lowest BCUT2D eigenvalue weighted by Crippen LogP contribution is -1.85. The zero-order valence-corrected chi connectivity index (χ0v) is 12.1. The van der Waals surface area contributed by atoms with Crippen molar-refractivity contribution >= 4 is 5.57 Å². The Morgan fingerprint density at radius 2 is 1.61 bits per heavy atom. The smallest absolute Gasteiger partial charge is 0.0228 e. The summed E-state index contributed by atoms with van der Waals surface area (Å²) >= 11 is 0. The Balaban J connectivity index is 2.42. The van der Waals surface area contributed by atoms with Gasteiger partial charge in [-0.1, -0.05) is 82.4 Å². The van der Waals surface area contributed by atoms with E-state index in [0.29, 0.717) is 0 Å². The Morgan fingerprint density at radius 3 is 2.28 bits per heavy atom. The Morgan fingerprint density at radius 1 is 0.889 bits per heavy atom. The van der Waals surface area contributed by atoms with Gasteiger partial charge in [-0.2, -0.15) is 0 Å². The SMILES string of the molecule is CCCCCCC/C=C(\CCC)c1ccccc1. The topological polar surface area (TPSA) is 0 Å². The first-order valence-corrected chi connectivity index (χ1v) is 7.63. The standard InChI is InChI=1S/C18H28/c1-3-5-6-7-8-10-14-17(13-4-2)18-15-11-9-12-16-18/h9,11-12,14-16H,3-8,10,13H2,1-2H3/b17-14+. The number of hydrogen-bond donors (Lipinski definition) is 0. The van der Waals surface area contributed by atoms with Crippen LogP contribution in [0, 0.1) is 0 Å². The second-order valence-corrected chi connectivity index (χ2v) is 5.05. The van der Waals surface area contributed by atoms with Crippen LogP contribution in [0.1, 0.15) is 70.8 Å².